The third-order valence-corrected chi connectivity index (χ3v) is 2.31. The van der Waals surface area contributed by atoms with Crippen molar-refractivity contribution in [1.82, 2.24) is 10.3 Å². The van der Waals surface area contributed by atoms with Crippen LogP contribution in [0.25, 0.3) is 11.1 Å². The van der Waals surface area contributed by atoms with Gasteiger partial charge in [-0.2, -0.15) is 0 Å². The predicted octanol–water partition coefficient (Wildman–Crippen LogP) is 0.120. The first-order valence-corrected chi connectivity index (χ1v) is 5.18. The number of aliphatic hydroxyl groups excluding tert-OH is 1. The number of aliphatic hydroxyl groups is 1. The van der Waals surface area contributed by atoms with E-state index in [4.69, 9.17) is 9.52 Å². The summed E-state index contributed by atoms with van der Waals surface area (Å²) < 4.78 is 4.90. The number of amides is 1. The van der Waals surface area contributed by atoms with Crippen LogP contribution in [0.4, 0.5) is 0 Å². The van der Waals surface area contributed by atoms with E-state index in [1.165, 1.54) is 0 Å². The summed E-state index contributed by atoms with van der Waals surface area (Å²) in [5.74, 6) is -0.718. The lowest BCUT2D eigenvalue weighted by Crippen LogP contribution is -2.23. The average Bonchev–Trinajstić information content (AvgIpc) is 2.66. The van der Waals surface area contributed by atoms with Crippen molar-refractivity contribution in [2.45, 2.75) is 13.0 Å². The molecule has 0 bridgehead atoms. The van der Waals surface area contributed by atoms with E-state index < -0.39 is 5.76 Å². The molecular weight excluding hydrogens is 224 g/mol. The van der Waals surface area contributed by atoms with Gasteiger partial charge in [-0.15, -0.1) is 0 Å². The number of hydrogen-bond donors (Lipinski definition) is 3. The van der Waals surface area contributed by atoms with Crippen molar-refractivity contribution in [2.24, 2.45) is 0 Å². The zero-order valence-corrected chi connectivity index (χ0v) is 9.03. The van der Waals surface area contributed by atoms with Gasteiger partial charge >= 0.3 is 5.76 Å². The molecule has 90 valence electrons. The van der Waals surface area contributed by atoms with Crippen molar-refractivity contribution in [3.63, 3.8) is 0 Å². The Morgan fingerprint density at radius 3 is 3.06 bits per heavy atom. The van der Waals surface area contributed by atoms with Gasteiger partial charge in [0.05, 0.1) is 12.1 Å². The zero-order chi connectivity index (χ0) is 12.3. The van der Waals surface area contributed by atoms with Gasteiger partial charge in [0.2, 0.25) is 5.91 Å². The Labute approximate surface area is 96.3 Å². The van der Waals surface area contributed by atoms with Crippen LogP contribution in [0.2, 0.25) is 0 Å². The number of nitrogens with one attached hydrogen (secondary N) is 2. The highest BCUT2D eigenvalue weighted by atomic mass is 16.4. The summed E-state index contributed by atoms with van der Waals surface area (Å²) in [6.07, 6.45) is 0.0848. The molecule has 0 spiro atoms. The Balaban J connectivity index is 2.08. The molecule has 0 radical (unpaired) electrons. The average molecular weight is 236 g/mol. The molecule has 17 heavy (non-hydrogen) atoms. The maximum absolute atomic E-state index is 11.1. The van der Waals surface area contributed by atoms with Crippen molar-refractivity contribution in [3.05, 3.63) is 34.3 Å². The Bertz CT molecular complexity index is 584. The number of carbonyl (C=O) groups is 1. The number of benzene rings is 1. The van der Waals surface area contributed by atoms with Crippen molar-refractivity contribution >= 4 is 17.0 Å². The molecule has 1 aromatic heterocycles. The van der Waals surface area contributed by atoms with Gasteiger partial charge in [0.25, 0.3) is 0 Å². The summed E-state index contributed by atoms with van der Waals surface area (Å²) in [5, 5.41) is 11.2. The second kappa shape index (κ2) is 4.84. The van der Waals surface area contributed by atoms with Gasteiger partial charge in [-0.1, -0.05) is 6.07 Å². The van der Waals surface area contributed by atoms with Crippen LogP contribution in [-0.4, -0.2) is 22.6 Å². The molecule has 0 aliphatic rings. The molecule has 2 aromatic rings. The Hall–Kier alpha value is -2.08. The lowest BCUT2D eigenvalue weighted by molar-refractivity contribution is -0.121. The minimum absolute atomic E-state index is 0.0848. The Kier molecular flexibility index (Phi) is 3.24. The molecule has 1 heterocycles. The van der Waals surface area contributed by atoms with Gasteiger partial charge in [0.1, 0.15) is 0 Å². The molecule has 0 fully saturated rings. The summed E-state index contributed by atoms with van der Waals surface area (Å²) in [6, 6.07) is 5.19. The molecule has 0 unspecified atom stereocenters. The molecule has 3 N–H and O–H groups in total. The SMILES string of the molecule is O=C(CCO)NCc1ccc2[nH]c(=O)oc2c1. The number of fused-ring (bicyclic) bond motifs is 1. The summed E-state index contributed by atoms with van der Waals surface area (Å²) in [4.78, 5) is 24.6. The standard InChI is InChI=1S/C11H12N2O4/c14-4-3-10(15)12-6-7-1-2-8-9(5-7)17-11(16)13-8/h1-2,5,14H,3-4,6H2,(H,12,15)(H,13,16). The molecule has 0 aliphatic carbocycles. The fourth-order valence-electron chi connectivity index (χ4n) is 1.49. The smallest absolute Gasteiger partial charge is 0.408 e. The van der Waals surface area contributed by atoms with Crippen LogP contribution in [0.15, 0.2) is 27.4 Å². The monoisotopic (exact) mass is 236 g/mol. The van der Waals surface area contributed by atoms with Crippen molar-refractivity contribution in [1.29, 1.82) is 0 Å². The number of rotatable bonds is 4. The van der Waals surface area contributed by atoms with Crippen LogP contribution in [0.3, 0.4) is 0 Å². The van der Waals surface area contributed by atoms with Crippen LogP contribution in [0.1, 0.15) is 12.0 Å². The van der Waals surface area contributed by atoms with E-state index >= 15 is 0 Å². The van der Waals surface area contributed by atoms with E-state index in [1.807, 2.05) is 0 Å². The minimum Gasteiger partial charge on any atom is -0.408 e. The number of aromatic nitrogens is 1. The molecule has 0 saturated carbocycles. The van der Waals surface area contributed by atoms with Gasteiger partial charge < -0.3 is 14.8 Å². The summed E-state index contributed by atoms with van der Waals surface area (Å²) in [7, 11) is 0. The van der Waals surface area contributed by atoms with Crippen molar-refractivity contribution < 1.29 is 14.3 Å². The van der Waals surface area contributed by atoms with Gasteiger partial charge in [0, 0.05) is 13.0 Å². The lowest BCUT2D eigenvalue weighted by atomic mass is 10.2. The van der Waals surface area contributed by atoms with Crippen molar-refractivity contribution in [3.8, 4) is 0 Å². The van der Waals surface area contributed by atoms with Crippen LogP contribution in [0.5, 0.6) is 0 Å². The number of oxazole rings is 1. The molecule has 2 rings (SSSR count). The third kappa shape index (κ3) is 2.73. The molecule has 1 amide bonds. The van der Waals surface area contributed by atoms with Crippen LogP contribution in [0, 0.1) is 0 Å². The highest BCUT2D eigenvalue weighted by Gasteiger charge is 2.03. The van der Waals surface area contributed by atoms with E-state index in [0.717, 1.165) is 5.56 Å². The van der Waals surface area contributed by atoms with Gasteiger partial charge in [0.15, 0.2) is 5.58 Å². The summed E-state index contributed by atoms with van der Waals surface area (Å²) in [5.41, 5.74) is 1.91. The quantitative estimate of drug-likeness (QED) is 0.702. The van der Waals surface area contributed by atoms with Crippen LogP contribution >= 0.6 is 0 Å². The largest absolute Gasteiger partial charge is 0.417 e. The molecule has 6 heteroatoms. The highest BCUT2D eigenvalue weighted by molar-refractivity contribution is 5.76. The molecule has 6 nitrogen and oxygen atoms in total. The fourth-order valence-corrected chi connectivity index (χ4v) is 1.49. The van der Waals surface area contributed by atoms with Gasteiger partial charge in [-0.05, 0) is 17.7 Å². The molecular formula is C11H12N2O4. The number of aromatic amines is 1. The highest BCUT2D eigenvalue weighted by Crippen LogP contribution is 2.11. The van der Waals surface area contributed by atoms with Crippen molar-refractivity contribution in [2.75, 3.05) is 6.61 Å². The first-order chi connectivity index (χ1) is 8.19. The molecule has 0 atom stereocenters. The summed E-state index contributed by atoms with van der Waals surface area (Å²) in [6.45, 7) is 0.168. The Morgan fingerprint density at radius 2 is 2.29 bits per heavy atom. The maximum atomic E-state index is 11.1. The first kappa shape index (κ1) is 11.4. The van der Waals surface area contributed by atoms with Gasteiger partial charge in [-0.3, -0.25) is 9.78 Å². The van der Waals surface area contributed by atoms with Gasteiger partial charge in [-0.25, -0.2) is 4.79 Å². The van der Waals surface area contributed by atoms with E-state index in [-0.39, 0.29) is 18.9 Å². The topological polar surface area (TPSA) is 95.3 Å². The molecule has 0 aliphatic heterocycles. The molecule has 0 saturated heterocycles. The maximum Gasteiger partial charge on any atom is 0.417 e. The summed E-state index contributed by atoms with van der Waals surface area (Å²) >= 11 is 0. The van der Waals surface area contributed by atoms with E-state index in [0.29, 0.717) is 17.6 Å². The predicted molar refractivity (Wildman–Crippen MR) is 60.4 cm³/mol. The fraction of sp³-hybridized carbons (Fsp3) is 0.273. The first-order valence-electron chi connectivity index (χ1n) is 5.18. The second-order valence-corrected chi connectivity index (χ2v) is 3.60. The number of carbonyl (C=O) groups excluding carboxylic acids is 1. The Morgan fingerprint density at radius 1 is 1.47 bits per heavy atom. The normalized spacial score (nSPS) is 10.6. The number of H-pyrrole nitrogens is 1. The number of hydrogen-bond acceptors (Lipinski definition) is 4. The van der Waals surface area contributed by atoms with Crippen LogP contribution in [-0.2, 0) is 11.3 Å². The second-order valence-electron chi connectivity index (χ2n) is 3.60. The van der Waals surface area contributed by atoms with E-state index in [9.17, 15) is 9.59 Å². The molecule has 1 aromatic carbocycles. The zero-order valence-electron chi connectivity index (χ0n) is 9.03. The van der Waals surface area contributed by atoms with E-state index in [2.05, 4.69) is 10.3 Å². The lowest BCUT2D eigenvalue weighted by Gasteiger charge is -2.03. The third-order valence-electron chi connectivity index (χ3n) is 2.31. The minimum atomic E-state index is -0.499. The van der Waals surface area contributed by atoms with E-state index in [1.54, 1.807) is 18.2 Å². The van der Waals surface area contributed by atoms with Crippen LogP contribution < -0.4 is 11.1 Å².